The van der Waals surface area contributed by atoms with Crippen molar-refractivity contribution in [3.63, 3.8) is 0 Å². The molecular formula is C8H8N2S. The van der Waals surface area contributed by atoms with Gasteiger partial charge in [0.2, 0.25) is 0 Å². The highest BCUT2D eigenvalue weighted by molar-refractivity contribution is 8.00. The lowest BCUT2D eigenvalue weighted by atomic mass is 10.5. The summed E-state index contributed by atoms with van der Waals surface area (Å²) in [6.45, 7) is 1.88. The normalized spacial score (nSPS) is 12.0. The van der Waals surface area contributed by atoms with Crippen LogP contribution in [-0.2, 0) is 0 Å². The smallest absolute Gasteiger partial charge is 0.0935 e. The van der Waals surface area contributed by atoms with E-state index in [0.29, 0.717) is 0 Å². The fourth-order valence-corrected chi connectivity index (χ4v) is 1.39. The molecule has 1 heterocycles. The highest BCUT2D eigenvalue weighted by Crippen LogP contribution is 2.20. The maximum atomic E-state index is 8.51. The van der Waals surface area contributed by atoms with Crippen molar-refractivity contribution in [2.24, 2.45) is 0 Å². The Morgan fingerprint density at radius 3 is 2.73 bits per heavy atom. The molecule has 0 aliphatic rings. The summed E-state index contributed by atoms with van der Waals surface area (Å²) in [4.78, 5) is 4.97. The monoisotopic (exact) mass is 164 g/mol. The number of pyridine rings is 1. The first-order chi connectivity index (χ1) is 5.33. The summed E-state index contributed by atoms with van der Waals surface area (Å²) in [7, 11) is 0. The second-order valence-electron chi connectivity index (χ2n) is 2.07. The van der Waals surface area contributed by atoms with Gasteiger partial charge in [-0.05, 0) is 19.1 Å². The van der Waals surface area contributed by atoms with E-state index in [2.05, 4.69) is 11.1 Å². The van der Waals surface area contributed by atoms with Crippen LogP contribution in [0, 0.1) is 11.3 Å². The lowest BCUT2D eigenvalue weighted by Gasteiger charge is -1.99. The summed E-state index contributed by atoms with van der Waals surface area (Å²) in [5.41, 5.74) is 0. The van der Waals surface area contributed by atoms with Crippen LogP contribution in [0.1, 0.15) is 6.92 Å². The van der Waals surface area contributed by atoms with E-state index in [1.807, 2.05) is 19.1 Å². The first-order valence-electron chi connectivity index (χ1n) is 3.29. The van der Waals surface area contributed by atoms with Crippen molar-refractivity contribution in [2.45, 2.75) is 17.1 Å². The molecule has 3 heteroatoms. The van der Waals surface area contributed by atoms with Crippen molar-refractivity contribution in [3.8, 4) is 6.07 Å². The van der Waals surface area contributed by atoms with Gasteiger partial charge < -0.3 is 0 Å². The topological polar surface area (TPSA) is 36.7 Å². The van der Waals surface area contributed by atoms with Gasteiger partial charge in [-0.15, -0.1) is 11.8 Å². The molecule has 0 aliphatic carbocycles. The lowest BCUT2D eigenvalue weighted by Crippen LogP contribution is -1.88. The summed E-state index contributed by atoms with van der Waals surface area (Å²) in [5, 5.41) is 8.52. The molecule has 56 valence electrons. The summed E-state index contributed by atoms with van der Waals surface area (Å²) in [6.07, 6.45) is 3.46. The Bertz CT molecular complexity index is 253. The van der Waals surface area contributed by atoms with Crippen LogP contribution in [-0.4, -0.2) is 10.2 Å². The van der Waals surface area contributed by atoms with E-state index in [0.717, 1.165) is 4.90 Å². The molecule has 0 spiro atoms. The van der Waals surface area contributed by atoms with Crippen LogP contribution in [0.15, 0.2) is 29.4 Å². The van der Waals surface area contributed by atoms with Crippen LogP contribution >= 0.6 is 11.8 Å². The minimum absolute atomic E-state index is 0.0115. The van der Waals surface area contributed by atoms with Gasteiger partial charge in [0.25, 0.3) is 0 Å². The molecule has 0 saturated carbocycles. The van der Waals surface area contributed by atoms with E-state index in [9.17, 15) is 0 Å². The molecule has 0 aromatic carbocycles. The van der Waals surface area contributed by atoms with E-state index in [1.165, 1.54) is 0 Å². The fraction of sp³-hybridized carbons (Fsp3) is 0.250. The second-order valence-corrected chi connectivity index (χ2v) is 3.49. The van der Waals surface area contributed by atoms with Crippen molar-refractivity contribution >= 4 is 11.8 Å². The number of aromatic nitrogens is 1. The number of nitrogens with zero attached hydrogens (tertiary/aromatic N) is 2. The highest BCUT2D eigenvalue weighted by atomic mass is 32.2. The minimum atomic E-state index is 0.0115. The van der Waals surface area contributed by atoms with Crippen molar-refractivity contribution in [3.05, 3.63) is 24.5 Å². The molecule has 1 rings (SSSR count). The molecule has 0 amide bonds. The van der Waals surface area contributed by atoms with Crippen molar-refractivity contribution in [1.82, 2.24) is 4.98 Å². The van der Waals surface area contributed by atoms with Gasteiger partial charge in [0.15, 0.2) is 0 Å². The Morgan fingerprint density at radius 2 is 2.18 bits per heavy atom. The molecule has 1 unspecified atom stereocenters. The number of hydrogen-bond acceptors (Lipinski definition) is 3. The molecule has 0 N–H and O–H groups in total. The Morgan fingerprint density at radius 1 is 1.55 bits per heavy atom. The molecular weight excluding hydrogens is 156 g/mol. The van der Waals surface area contributed by atoms with Gasteiger partial charge in [0, 0.05) is 17.3 Å². The second kappa shape index (κ2) is 3.99. The van der Waals surface area contributed by atoms with Gasteiger partial charge in [-0.2, -0.15) is 5.26 Å². The minimum Gasteiger partial charge on any atom is -0.265 e. The summed E-state index contributed by atoms with van der Waals surface area (Å²) in [6, 6.07) is 5.96. The SMILES string of the molecule is CC(C#N)Sc1ccncc1. The van der Waals surface area contributed by atoms with E-state index < -0.39 is 0 Å². The van der Waals surface area contributed by atoms with E-state index in [4.69, 9.17) is 5.26 Å². The first-order valence-corrected chi connectivity index (χ1v) is 4.17. The average molecular weight is 164 g/mol. The van der Waals surface area contributed by atoms with Gasteiger partial charge in [-0.3, -0.25) is 4.98 Å². The number of thioether (sulfide) groups is 1. The molecule has 0 aliphatic heterocycles. The van der Waals surface area contributed by atoms with Crippen LogP contribution in [0.25, 0.3) is 0 Å². The molecule has 0 saturated heterocycles. The Hall–Kier alpha value is -1.01. The Labute approximate surface area is 70.3 Å². The maximum absolute atomic E-state index is 8.51. The van der Waals surface area contributed by atoms with Crippen molar-refractivity contribution in [2.75, 3.05) is 0 Å². The van der Waals surface area contributed by atoms with Crippen LogP contribution in [0.4, 0.5) is 0 Å². The zero-order valence-corrected chi connectivity index (χ0v) is 7.01. The molecule has 1 aromatic heterocycles. The average Bonchev–Trinajstić information content (AvgIpc) is 2.06. The first kappa shape index (κ1) is 8.09. The molecule has 2 nitrogen and oxygen atoms in total. The third kappa shape index (κ3) is 2.60. The number of hydrogen-bond donors (Lipinski definition) is 0. The van der Waals surface area contributed by atoms with Gasteiger partial charge in [0.1, 0.15) is 0 Å². The highest BCUT2D eigenvalue weighted by Gasteiger charge is 2.00. The van der Waals surface area contributed by atoms with E-state index in [-0.39, 0.29) is 5.25 Å². The molecule has 1 atom stereocenters. The van der Waals surface area contributed by atoms with E-state index in [1.54, 1.807) is 24.2 Å². The predicted octanol–water partition coefficient (Wildman–Crippen LogP) is 2.09. The van der Waals surface area contributed by atoms with Crippen LogP contribution < -0.4 is 0 Å². The van der Waals surface area contributed by atoms with Gasteiger partial charge >= 0.3 is 0 Å². The number of nitriles is 1. The predicted molar refractivity (Wildman–Crippen MR) is 45.2 cm³/mol. The molecule has 0 bridgehead atoms. The van der Waals surface area contributed by atoms with Gasteiger partial charge in [-0.1, -0.05) is 0 Å². The third-order valence-corrected chi connectivity index (χ3v) is 2.15. The summed E-state index contributed by atoms with van der Waals surface area (Å²) >= 11 is 1.54. The standard InChI is InChI=1S/C8H8N2S/c1-7(6-9)11-8-2-4-10-5-3-8/h2-5,7H,1H3. The quantitative estimate of drug-likeness (QED) is 0.628. The molecule has 1 aromatic rings. The largest absolute Gasteiger partial charge is 0.265 e. The number of rotatable bonds is 2. The fourth-order valence-electron chi connectivity index (χ4n) is 0.647. The maximum Gasteiger partial charge on any atom is 0.0935 e. The summed E-state index contributed by atoms with van der Waals surface area (Å²) in [5.74, 6) is 0. The van der Waals surface area contributed by atoms with Crippen LogP contribution in [0.2, 0.25) is 0 Å². The van der Waals surface area contributed by atoms with Crippen molar-refractivity contribution < 1.29 is 0 Å². The Kier molecular flexibility index (Phi) is 2.94. The Balaban J connectivity index is 2.60. The van der Waals surface area contributed by atoms with Crippen LogP contribution in [0.5, 0.6) is 0 Å². The molecule has 0 fully saturated rings. The zero-order chi connectivity index (χ0) is 8.10. The van der Waals surface area contributed by atoms with E-state index >= 15 is 0 Å². The summed E-state index contributed by atoms with van der Waals surface area (Å²) < 4.78 is 0. The van der Waals surface area contributed by atoms with Crippen LogP contribution in [0.3, 0.4) is 0 Å². The third-order valence-electron chi connectivity index (χ3n) is 1.14. The van der Waals surface area contributed by atoms with Gasteiger partial charge in [0.05, 0.1) is 11.3 Å². The zero-order valence-electron chi connectivity index (χ0n) is 6.19. The van der Waals surface area contributed by atoms with Gasteiger partial charge in [-0.25, -0.2) is 0 Å². The molecule has 0 radical (unpaired) electrons. The lowest BCUT2D eigenvalue weighted by molar-refractivity contribution is 1.21. The van der Waals surface area contributed by atoms with Crippen molar-refractivity contribution in [1.29, 1.82) is 5.26 Å². The molecule has 11 heavy (non-hydrogen) atoms.